The van der Waals surface area contributed by atoms with E-state index >= 15 is 0 Å². The van der Waals surface area contributed by atoms with Crippen molar-refractivity contribution < 1.29 is 9.59 Å². The fourth-order valence-electron chi connectivity index (χ4n) is 0.993. The van der Waals surface area contributed by atoms with Crippen LogP contribution in [0.5, 0.6) is 0 Å². The third kappa shape index (κ3) is 4.44. The second kappa shape index (κ2) is 6.01. The average molecular weight is 210 g/mol. The van der Waals surface area contributed by atoms with Gasteiger partial charge in [-0.1, -0.05) is 13.2 Å². The van der Waals surface area contributed by atoms with Crippen LogP contribution in [-0.4, -0.2) is 48.8 Å². The maximum atomic E-state index is 11.4. The minimum Gasteiger partial charge on any atom is -0.340 e. The Morgan fingerprint density at radius 1 is 1.20 bits per heavy atom. The largest absolute Gasteiger partial charge is 0.340 e. The predicted octanol–water partition coefficient (Wildman–Crippen LogP) is 0.665. The summed E-state index contributed by atoms with van der Waals surface area (Å²) in [5, 5.41) is 0. The molecule has 0 rings (SSSR count). The minimum atomic E-state index is -0.147. The van der Waals surface area contributed by atoms with Crippen LogP contribution in [0.1, 0.15) is 6.92 Å². The molecule has 0 aromatic heterocycles. The van der Waals surface area contributed by atoms with Crippen LogP contribution in [0.15, 0.2) is 24.8 Å². The van der Waals surface area contributed by atoms with E-state index in [1.54, 1.807) is 21.0 Å². The lowest BCUT2D eigenvalue weighted by Gasteiger charge is -2.21. The van der Waals surface area contributed by atoms with Crippen molar-refractivity contribution in [2.24, 2.45) is 0 Å². The summed E-state index contributed by atoms with van der Waals surface area (Å²) < 4.78 is 0. The van der Waals surface area contributed by atoms with E-state index in [0.29, 0.717) is 18.7 Å². The molecule has 0 saturated carbocycles. The topological polar surface area (TPSA) is 40.6 Å². The zero-order chi connectivity index (χ0) is 12.0. The Hall–Kier alpha value is -1.58. The smallest absolute Gasteiger partial charge is 0.248 e. The number of carbonyl (C=O) groups is 2. The Labute approximate surface area is 90.9 Å². The number of amides is 2. The first-order valence-corrected chi connectivity index (χ1v) is 4.68. The molecule has 0 aliphatic rings. The monoisotopic (exact) mass is 210 g/mol. The van der Waals surface area contributed by atoms with Gasteiger partial charge in [-0.25, -0.2) is 0 Å². The van der Waals surface area contributed by atoms with Gasteiger partial charge in [0.1, 0.15) is 0 Å². The van der Waals surface area contributed by atoms with E-state index in [9.17, 15) is 9.59 Å². The van der Waals surface area contributed by atoms with Gasteiger partial charge >= 0.3 is 0 Å². The summed E-state index contributed by atoms with van der Waals surface area (Å²) in [5.74, 6) is -0.249. The maximum absolute atomic E-state index is 11.4. The molecule has 0 radical (unpaired) electrons. The van der Waals surface area contributed by atoms with Gasteiger partial charge in [0.2, 0.25) is 11.8 Å². The summed E-state index contributed by atoms with van der Waals surface area (Å²) in [6.07, 6.45) is 1.25. The highest BCUT2D eigenvalue weighted by Crippen LogP contribution is 1.96. The highest BCUT2D eigenvalue weighted by molar-refractivity contribution is 5.92. The molecule has 0 atom stereocenters. The van der Waals surface area contributed by atoms with Crippen molar-refractivity contribution in [1.29, 1.82) is 0 Å². The van der Waals surface area contributed by atoms with Crippen LogP contribution < -0.4 is 0 Å². The number of hydrogen-bond acceptors (Lipinski definition) is 2. The van der Waals surface area contributed by atoms with E-state index in [0.717, 1.165) is 0 Å². The van der Waals surface area contributed by atoms with Crippen LogP contribution >= 0.6 is 0 Å². The molecule has 84 valence electrons. The van der Waals surface area contributed by atoms with Gasteiger partial charge in [-0.2, -0.15) is 0 Å². The summed E-state index contributed by atoms with van der Waals surface area (Å²) in [7, 11) is 3.35. The molecule has 0 spiro atoms. The molecule has 0 bridgehead atoms. The van der Waals surface area contributed by atoms with Crippen LogP contribution in [0.3, 0.4) is 0 Å². The molecule has 0 N–H and O–H groups in total. The van der Waals surface area contributed by atoms with E-state index in [1.165, 1.54) is 15.9 Å². The van der Waals surface area contributed by atoms with Crippen molar-refractivity contribution in [3.63, 3.8) is 0 Å². The normalized spacial score (nSPS) is 9.27. The SMILES string of the molecule is C=CC(=O)N(C)CCN(C)C(=O)C(=C)C. The van der Waals surface area contributed by atoms with Gasteiger partial charge in [0, 0.05) is 32.8 Å². The zero-order valence-electron chi connectivity index (χ0n) is 9.62. The minimum absolute atomic E-state index is 0.102. The van der Waals surface area contributed by atoms with Gasteiger partial charge in [0.05, 0.1) is 0 Å². The van der Waals surface area contributed by atoms with Crippen LogP contribution in [0.2, 0.25) is 0 Å². The third-order valence-corrected chi connectivity index (χ3v) is 2.03. The van der Waals surface area contributed by atoms with E-state index in [1.807, 2.05) is 0 Å². The second-order valence-electron chi connectivity index (χ2n) is 3.47. The van der Waals surface area contributed by atoms with Crippen molar-refractivity contribution in [3.8, 4) is 0 Å². The number of rotatable bonds is 5. The summed E-state index contributed by atoms with van der Waals surface area (Å²) in [4.78, 5) is 25.6. The molecule has 0 aliphatic heterocycles. The summed E-state index contributed by atoms with van der Waals surface area (Å²) >= 11 is 0. The standard InChI is InChI=1S/C11H18N2O2/c1-6-10(14)12(4)7-8-13(5)11(15)9(2)3/h6H,1-2,7-8H2,3-5H3. The second-order valence-corrected chi connectivity index (χ2v) is 3.47. The van der Waals surface area contributed by atoms with Gasteiger partial charge in [-0.3, -0.25) is 9.59 Å². The molecular weight excluding hydrogens is 192 g/mol. The zero-order valence-corrected chi connectivity index (χ0v) is 9.62. The van der Waals surface area contributed by atoms with E-state index in [2.05, 4.69) is 13.2 Å². The number of hydrogen-bond donors (Lipinski definition) is 0. The number of nitrogens with zero attached hydrogens (tertiary/aromatic N) is 2. The predicted molar refractivity (Wildman–Crippen MR) is 60.3 cm³/mol. The summed E-state index contributed by atoms with van der Waals surface area (Å²) in [5.41, 5.74) is 0.496. The number of likely N-dealkylation sites (N-methyl/N-ethyl adjacent to an activating group) is 2. The summed E-state index contributed by atoms with van der Waals surface area (Å²) in [6.45, 7) is 9.59. The van der Waals surface area contributed by atoms with E-state index in [4.69, 9.17) is 0 Å². The molecule has 0 unspecified atom stereocenters. The van der Waals surface area contributed by atoms with Crippen LogP contribution in [0.25, 0.3) is 0 Å². The van der Waals surface area contributed by atoms with Gasteiger partial charge in [0.15, 0.2) is 0 Å². The first-order chi connectivity index (χ1) is 6.90. The van der Waals surface area contributed by atoms with Gasteiger partial charge in [0.25, 0.3) is 0 Å². The molecule has 15 heavy (non-hydrogen) atoms. The fraction of sp³-hybridized carbons (Fsp3) is 0.455. The Morgan fingerprint density at radius 2 is 1.67 bits per heavy atom. The molecule has 0 heterocycles. The lowest BCUT2D eigenvalue weighted by Crippen LogP contribution is -2.36. The highest BCUT2D eigenvalue weighted by atomic mass is 16.2. The van der Waals surface area contributed by atoms with Crippen LogP contribution in [0, 0.1) is 0 Å². The Kier molecular flexibility index (Phi) is 5.37. The average Bonchev–Trinajstić information content (AvgIpc) is 2.22. The lowest BCUT2D eigenvalue weighted by atomic mass is 10.3. The highest BCUT2D eigenvalue weighted by Gasteiger charge is 2.10. The first-order valence-electron chi connectivity index (χ1n) is 4.68. The Morgan fingerprint density at radius 3 is 2.07 bits per heavy atom. The van der Waals surface area contributed by atoms with E-state index < -0.39 is 0 Å². The number of carbonyl (C=O) groups excluding carboxylic acids is 2. The first kappa shape index (κ1) is 13.4. The van der Waals surface area contributed by atoms with Crippen molar-refractivity contribution in [2.75, 3.05) is 27.2 Å². The molecule has 2 amide bonds. The van der Waals surface area contributed by atoms with Crippen molar-refractivity contribution in [1.82, 2.24) is 9.80 Å². The molecule has 0 aromatic carbocycles. The van der Waals surface area contributed by atoms with E-state index in [-0.39, 0.29) is 11.8 Å². The summed E-state index contributed by atoms with van der Waals surface area (Å²) in [6, 6.07) is 0. The molecule has 0 fully saturated rings. The Balaban J connectivity index is 4.06. The molecule has 0 aromatic rings. The van der Waals surface area contributed by atoms with Crippen molar-refractivity contribution in [3.05, 3.63) is 24.8 Å². The molecule has 0 saturated heterocycles. The maximum Gasteiger partial charge on any atom is 0.248 e. The molecular formula is C11H18N2O2. The quantitative estimate of drug-likeness (QED) is 0.626. The lowest BCUT2D eigenvalue weighted by molar-refractivity contribution is -0.128. The van der Waals surface area contributed by atoms with Gasteiger partial charge < -0.3 is 9.80 Å². The van der Waals surface area contributed by atoms with Gasteiger partial charge in [-0.15, -0.1) is 0 Å². The van der Waals surface area contributed by atoms with Gasteiger partial charge in [-0.05, 0) is 13.0 Å². The third-order valence-electron chi connectivity index (χ3n) is 2.03. The van der Waals surface area contributed by atoms with Crippen LogP contribution in [0.4, 0.5) is 0 Å². The van der Waals surface area contributed by atoms with Crippen molar-refractivity contribution in [2.45, 2.75) is 6.92 Å². The Bertz CT molecular complexity index is 284. The molecule has 4 nitrogen and oxygen atoms in total. The molecule has 0 aliphatic carbocycles. The van der Waals surface area contributed by atoms with Crippen LogP contribution in [-0.2, 0) is 9.59 Å². The van der Waals surface area contributed by atoms with Crippen molar-refractivity contribution >= 4 is 11.8 Å². The fourth-order valence-corrected chi connectivity index (χ4v) is 0.993. The molecule has 4 heteroatoms.